The second-order valence-corrected chi connectivity index (χ2v) is 9.02. The highest BCUT2D eigenvalue weighted by Crippen LogP contribution is 2.65. The van der Waals surface area contributed by atoms with Crippen molar-refractivity contribution in [2.75, 3.05) is 0 Å². The molecular weight excluding hydrogens is 399 g/mol. The Bertz CT molecular complexity index is 1050. The number of hydrogen-bond acceptors (Lipinski definition) is 6. The number of aliphatic imine (C=N–C) groups is 1. The monoisotopic (exact) mass is 414 g/mol. The molecule has 1 aromatic heterocycles. The Morgan fingerprint density at radius 2 is 2.25 bits per heavy atom. The van der Waals surface area contributed by atoms with Crippen LogP contribution in [0.1, 0.15) is 35.0 Å². The average Bonchev–Trinajstić information content (AvgIpc) is 3.39. The zero-order chi connectivity index (χ0) is 20.1. The van der Waals surface area contributed by atoms with Crippen molar-refractivity contribution >= 4 is 34.3 Å². The smallest absolute Gasteiger partial charge is 0.185 e. The van der Waals surface area contributed by atoms with Crippen LogP contribution in [-0.4, -0.2) is 20.7 Å². The van der Waals surface area contributed by atoms with Crippen molar-refractivity contribution in [1.29, 1.82) is 5.26 Å². The third-order valence-electron chi connectivity index (χ3n) is 5.36. The largest absolute Gasteiger partial charge is 0.378 e. The number of thioether (sulfide) groups is 1. The minimum absolute atomic E-state index is 0.0694. The number of nitrogens with zero attached hydrogens (tertiary/aromatic N) is 3. The molecule has 8 heteroatoms. The molecule has 1 aliphatic heterocycles. The van der Waals surface area contributed by atoms with Crippen molar-refractivity contribution in [3.05, 3.63) is 64.2 Å². The number of nitriles is 1. The molecule has 0 spiro atoms. The van der Waals surface area contributed by atoms with Crippen LogP contribution < -0.4 is 5.73 Å². The van der Waals surface area contributed by atoms with Gasteiger partial charge in [-0.3, -0.25) is 14.8 Å². The second-order valence-electron chi connectivity index (χ2n) is 7.23. The SMILES string of the molecule is C[C@]1(c2cc(CC(=O)c3ccc(Cl)cn3)ccc2F)N=C(N)S[C@@]2(C#N)C[C@H]21. The first-order valence-electron chi connectivity index (χ1n) is 8.67. The molecule has 3 atom stereocenters. The Morgan fingerprint density at radius 3 is 2.93 bits per heavy atom. The maximum atomic E-state index is 14.7. The van der Waals surface area contributed by atoms with E-state index in [0.717, 1.165) is 0 Å². The molecule has 5 nitrogen and oxygen atoms in total. The topological polar surface area (TPSA) is 92.1 Å². The van der Waals surface area contributed by atoms with Gasteiger partial charge >= 0.3 is 0 Å². The van der Waals surface area contributed by atoms with Gasteiger partial charge in [0, 0.05) is 24.1 Å². The predicted octanol–water partition coefficient (Wildman–Crippen LogP) is 3.86. The lowest BCUT2D eigenvalue weighted by molar-refractivity contribution is 0.0988. The number of ketones is 1. The van der Waals surface area contributed by atoms with E-state index in [-0.39, 0.29) is 23.3 Å². The number of rotatable bonds is 4. The van der Waals surface area contributed by atoms with Gasteiger partial charge in [-0.15, -0.1) is 0 Å². The lowest BCUT2D eigenvalue weighted by Gasteiger charge is -2.32. The summed E-state index contributed by atoms with van der Waals surface area (Å²) in [6, 6.07) is 10.0. The molecule has 4 rings (SSSR count). The number of Topliss-reactive ketones (excluding diaryl/α,β-unsaturated/α-hetero) is 1. The summed E-state index contributed by atoms with van der Waals surface area (Å²) >= 11 is 7.06. The average molecular weight is 415 g/mol. The van der Waals surface area contributed by atoms with E-state index in [9.17, 15) is 14.4 Å². The zero-order valence-electron chi connectivity index (χ0n) is 14.9. The number of aromatic nitrogens is 1. The predicted molar refractivity (Wildman–Crippen MR) is 107 cm³/mol. The van der Waals surface area contributed by atoms with Gasteiger partial charge in [0.05, 0.1) is 16.6 Å². The molecule has 2 N–H and O–H groups in total. The summed E-state index contributed by atoms with van der Waals surface area (Å²) in [7, 11) is 0. The van der Waals surface area contributed by atoms with Gasteiger partial charge in [-0.2, -0.15) is 5.26 Å². The summed E-state index contributed by atoms with van der Waals surface area (Å²) in [5, 5.41) is 10.3. The standard InChI is InChI=1S/C20H16ClFN4OS/c1-19(17-8-20(17,10-23)28-18(24)26-19)13-6-11(2-4-14(13)22)7-16(27)15-5-3-12(21)9-25-15/h2-6,9,17H,7-8H2,1H3,(H2,24,26)/t17-,19+,20+/m0/s1. The highest BCUT2D eigenvalue weighted by atomic mass is 35.5. The number of amidine groups is 1. The fourth-order valence-electron chi connectivity index (χ4n) is 3.81. The van der Waals surface area contributed by atoms with Gasteiger partial charge in [-0.1, -0.05) is 29.4 Å². The highest BCUT2D eigenvalue weighted by molar-refractivity contribution is 8.15. The van der Waals surface area contributed by atoms with Crippen LogP contribution in [0.15, 0.2) is 41.5 Å². The van der Waals surface area contributed by atoms with Crippen LogP contribution in [0.2, 0.25) is 5.02 Å². The molecule has 1 aromatic carbocycles. The van der Waals surface area contributed by atoms with Crippen molar-refractivity contribution in [2.45, 2.75) is 30.1 Å². The molecule has 0 radical (unpaired) electrons. The molecule has 2 aromatic rings. The van der Waals surface area contributed by atoms with Gasteiger partial charge in [-0.25, -0.2) is 4.39 Å². The van der Waals surface area contributed by atoms with Gasteiger partial charge in [-0.05, 0) is 43.2 Å². The molecule has 0 saturated heterocycles. The van der Waals surface area contributed by atoms with Crippen molar-refractivity contribution in [3.63, 3.8) is 0 Å². The minimum atomic E-state index is -0.938. The van der Waals surface area contributed by atoms with Gasteiger partial charge in [0.2, 0.25) is 0 Å². The van der Waals surface area contributed by atoms with Crippen molar-refractivity contribution in [3.8, 4) is 6.07 Å². The van der Waals surface area contributed by atoms with E-state index in [1.165, 1.54) is 24.0 Å². The van der Waals surface area contributed by atoms with Gasteiger partial charge < -0.3 is 5.73 Å². The third-order valence-corrected chi connectivity index (χ3v) is 6.79. The Hall–Kier alpha value is -2.43. The summed E-state index contributed by atoms with van der Waals surface area (Å²) in [6.45, 7) is 1.80. The first kappa shape index (κ1) is 18.9. The molecular formula is C20H16ClFN4OS. The molecule has 1 saturated carbocycles. The molecule has 0 amide bonds. The molecule has 2 aliphatic rings. The van der Waals surface area contributed by atoms with Crippen molar-refractivity contribution in [2.24, 2.45) is 16.6 Å². The van der Waals surface area contributed by atoms with Crippen LogP contribution in [0.4, 0.5) is 4.39 Å². The third kappa shape index (κ3) is 3.07. The van der Waals surface area contributed by atoms with Crippen molar-refractivity contribution in [1.82, 2.24) is 4.98 Å². The maximum absolute atomic E-state index is 14.7. The number of carbonyl (C=O) groups is 1. The molecule has 0 bridgehead atoms. The summed E-state index contributed by atoms with van der Waals surface area (Å²) in [4.78, 5) is 21.0. The Kier molecular flexibility index (Phi) is 4.44. The Balaban J connectivity index is 1.67. The first-order valence-corrected chi connectivity index (χ1v) is 9.86. The lowest BCUT2D eigenvalue weighted by Crippen LogP contribution is -2.35. The lowest BCUT2D eigenvalue weighted by atomic mass is 9.84. The molecule has 1 fully saturated rings. The van der Waals surface area contributed by atoms with E-state index in [4.69, 9.17) is 17.3 Å². The number of hydrogen-bond donors (Lipinski definition) is 1. The summed E-state index contributed by atoms with van der Waals surface area (Å²) in [6.07, 6.45) is 2.09. The molecule has 0 unspecified atom stereocenters. The number of nitrogens with two attached hydrogens (primary N) is 1. The maximum Gasteiger partial charge on any atom is 0.185 e. The van der Waals surface area contributed by atoms with E-state index in [0.29, 0.717) is 28.3 Å². The summed E-state index contributed by atoms with van der Waals surface area (Å²) in [5.41, 5.74) is 6.31. The minimum Gasteiger partial charge on any atom is -0.378 e. The number of benzene rings is 1. The van der Waals surface area contributed by atoms with E-state index in [2.05, 4.69) is 16.0 Å². The van der Waals surface area contributed by atoms with Crippen LogP contribution in [-0.2, 0) is 12.0 Å². The van der Waals surface area contributed by atoms with Crippen LogP contribution in [0.5, 0.6) is 0 Å². The quantitative estimate of drug-likeness (QED) is 0.767. The van der Waals surface area contributed by atoms with E-state index < -0.39 is 16.1 Å². The summed E-state index contributed by atoms with van der Waals surface area (Å²) in [5.74, 6) is -0.745. The van der Waals surface area contributed by atoms with Crippen LogP contribution in [0.3, 0.4) is 0 Å². The van der Waals surface area contributed by atoms with Crippen LogP contribution >= 0.6 is 23.4 Å². The Morgan fingerprint density at radius 1 is 1.46 bits per heavy atom. The van der Waals surface area contributed by atoms with Crippen molar-refractivity contribution < 1.29 is 9.18 Å². The van der Waals surface area contributed by atoms with Gasteiger partial charge in [0.15, 0.2) is 11.0 Å². The molecule has 142 valence electrons. The Labute approximate surface area is 170 Å². The van der Waals surface area contributed by atoms with Crippen LogP contribution in [0.25, 0.3) is 0 Å². The van der Waals surface area contributed by atoms with Gasteiger partial charge in [0.25, 0.3) is 0 Å². The fraction of sp³-hybridized carbons (Fsp3) is 0.300. The van der Waals surface area contributed by atoms with Crippen LogP contribution in [0, 0.1) is 23.1 Å². The molecule has 28 heavy (non-hydrogen) atoms. The number of pyridine rings is 1. The van der Waals surface area contributed by atoms with E-state index in [1.807, 2.05) is 0 Å². The normalized spacial score (nSPS) is 28.1. The first-order chi connectivity index (χ1) is 13.3. The highest BCUT2D eigenvalue weighted by Gasteiger charge is 2.67. The second kappa shape index (κ2) is 6.57. The van der Waals surface area contributed by atoms with E-state index >= 15 is 0 Å². The summed E-state index contributed by atoms with van der Waals surface area (Å²) < 4.78 is 14.1. The number of fused-ring (bicyclic) bond motifs is 1. The zero-order valence-corrected chi connectivity index (χ0v) is 16.5. The fourth-order valence-corrected chi connectivity index (χ4v) is 5.20. The molecule has 1 aliphatic carbocycles. The van der Waals surface area contributed by atoms with Gasteiger partial charge in [0.1, 0.15) is 16.3 Å². The number of halogens is 2. The number of carbonyl (C=O) groups excluding carboxylic acids is 1. The molecule has 2 heterocycles. The van der Waals surface area contributed by atoms with E-state index in [1.54, 1.807) is 31.2 Å².